The standard InChI is InChI=1S/C14H8F4N2O3/c15-7-1-4-11(19-6-7)13(22)9-3-2-8(23-14(16,17)18)5-10(9)20-12(13)21/h1-6,22H,(H,20,21). The van der Waals surface area contributed by atoms with Gasteiger partial charge in [0.05, 0.1) is 17.6 Å². The summed E-state index contributed by atoms with van der Waals surface area (Å²) in [6.07, 6.45) is -4.06. The molecular formula is C14H8F4N2O3. The van der Waals surface area contributed by atoms with Crippen molar-refractivity contribution in [1.82, 2.24) is 4.98 Å². The van der Waals surface area contributed by atoms with Gasteiger partial charge in [0.15, 0.2) is 0 Å². The molecule has 0 spiro atoms. The number of carbonyl (C=O) groups excluding carboxylic acids is 1. The van der Waals surface area contributed by atoms with E-state index in [1.807, 2.05) is 0 Å². The fraction of sp³-hybridized carbons (Fsp3) is 0.143. The van der Waals surface area contributed by atoms with Crippen molar-refractivity contribution in [2.75, 3.05) is 5.32 Å². The summed E-state index contributed by atoms with van der Waals surface area (Å²) < 4.78 is 53.3. The molecule has 1 atom stereocenters. The molecule has 9 heteroatoms. The van der Waals surface area contributed by atoms with Crippen LogP contribution in [0.25, 0.3) is 0 Å². The van der Waals surface area contributed by atoms with Gasteiger partial charge in [-0.3, -0.25) is 9.78 Å². The van der Waals surface area contributed by atoms with Gasteiger partial charge in [-0.2, -0.15) is 0 Å². The van der Waals surface area contributed by atoms with E-state index in [1.54, 1.807) is 0 Å². The minimum Gasteiger partial charge on any atom is -0.406 e. The Morgan fingerprint density at radius 1 is 1.22 bits per heavy atom. The van der Waals surface area contributed by atoms with Crippen molar-refractivity contribution in [3.05, 3.63) is 53.6 Å². The second kappa shape index (κ2) is 4.92. The molecule has 0 fully saturated rings. The first-order chi connectivity index (χ1) is 10.7. The number of aliphatic hydroxyl groups is 1. The summed E-state index contributed by atoms with van der Waals surface area (Å²) >= 11 is 0. The predicted molar refractivity (Wildman–Crippen MR) is 68.9 cm³/mol. The Hall–Kier alpha value is -2.68. The molecule has 3 rings (SSSR count). The van der Waals surface area contributed by atoms with Gasteiger partial charge < -0.3 is 15.2 Å². The molecule has 0 radical (unpaired) electrons. The van der Waals surface area contributed by atoms with Crippen LogP contribution in [0.3, 0.4) is 0 Å². The number of ether oxygens (including phenoxy) is 1. The van der Waals surface area contributed by atoms with E-state index >= 15 is 0 Å². The highest BCUT2D eigenvalue weighted by molar-refractivity contribution is 6.07. The highest BCUT2D eigenvalue weighted by atomic mass is 19.4. The van der Waals surface area contributed by atoms with Crippen molar-refractivity contribution in [1.29, 1.82) is 0 Å². The minimum absolute atomic E-state index is 0.00358. The molecule has 2 N–H and O–H groups in total. The molecule has 0 saturated heterocycles. The van der Waals surface area contributed by atoms with Gasteiger partial charge in [-0.25, -0.2) is 4.39 Å². The van der Waals surface area contributed by atoms with E-state index in [9.17, 15) is 27.5 Å². The van der Waals surface area contributed by atoms with Crippen molar-refractivity contribution in [3.8, 4) is 5.75 Å². The third kappa shape index (κ3) is 2.59. The Labute approximate surface area is 126 Å². The number of carbonyl (C=O) groups is 1. The summed E-state index contributed by atoms with van der Waals surface area (Å²) in [6.45, 7) is 0. The molecule has 1 aliphatic heterocycles. The van der Waals surface area contributed by atoms with Gasteiger partial charge in [0, 0.05) is 11.6 Å². The van der Waals surface area contributed by atoms with Gasteiger partial charge in [-0.15, -0.1) is 13.2 Å². The maximum Gasteiger partial charge on any atom is 0.573 e. The number of hydrogen-bond donors (Lipinski definition) is 2. The van der Waals surface area contributed by atoms with Crippen LogP contribution in [0.1, 0.15) is 11.3 Å². The monoisotopic (exact) mass is 328 g/mol. The number of alkyl halides is 3. The van der Waals surface area contributed by atoms with Gasteiger partial charge in [-0.1, -0.05) is 0 Å². The summed E-state index contributed by atoms with van der Waals surface area (Å²) in [4.78, 5) is 15.7. The molecule has 0 saturated carbocycles. The first-order valence-corrected chi connectivity index (χ1v) is 6.26. The van der Waals surface area contributed by atoms with Crippen LogP contribution < -0.4 is 10.1 Å². The molecule has 120 valence electrons. The Morgan fingerprint density at radius 2 is 1.96 bits per heavy atom. The van der Waals surface area contributed by atoms with Crippen LogP contribution in [-0.4, -0.2) is 22.4 Å². The van der Waals surface area contributed by atoms with Crippen LogP contribution in [-0.2, 0) is 10.4 Å². The van der Waals surface area contributed by atoms with Gasteiger partial charge in [-0.05, 0) is 24.3 Å². The number of aromatic nitrogens is 1. The SMILES string of the molecule is O=C1Nc2cc(OC(F)(F)F)ccc2C1(O)c1ccc(F)cn1. The van der Waals surface area contributed by atoms with Gasteiger partial charge in [0.25, 0.3) is 5.91 Å². The Bertz CT molecular complexity index is 777. The topological polar surface area (TPSA) is 71.5 Å². The molecule has 1 unspecified atom stereocenters. The lowest BCUT2D eigenvalue weighted by molar-refractivity contribution is -0.274. The Balaban J connectivity index is 2.04. The average molecular weight is 328 g/mol. The number of nitrogens with zero attached hydrogens (tertiary/aromatic N) is 1. The lowest BCUT2D eigenvalue weighted by Crippen LogP contribution is -2.36. The van der Waals surface area contributed by atoms with Crippen LogP contribution in [0.15, 0.2) is 36.5 Å². The smallest absolute Gasteiger partial charge is 0.406 e. The van der Waals surface area contributed by atoms with Crippen molar-refractivity contribution in [2.45, 2.75) is 12.0 Å². The van der Waals surface area contributed by atoms with E-state index in [0.29, 0.717) is 0 Å². The number of pyridine rings is 1. The molecule has 0 bridgehead atoms. The second-order valence-electron chi connectivity index (χ2n) is 4.78. The molecule has 1 aliphatic rings. The number of benzene rings is 1. The van der Waals surface area contributed by atoms with Crippen molar-refractivity contribution >= 4 is 11.6 Å². The van der Waals surface area contributed by atoms with E-state index in [0.717, 1.165) is 36.5 Å². The number of anilines is 1. The number of hydrogen-bond acceptors (Lipinski definition) is 4. The number of amides is 1. The van der Waals surface area contributed by atoms with Gasteiger partial charge in [0.1, 0.15) is 11.6 Å². The zero-order chi connectivity index (χ0) is 16.8. The van der Waals surface area contributed by atoms with Crippen LogP contribution in [0.5, 0.6) is 5.75 Å². The molecule has 1 aromatic carbocycles. The minimum atomic E-state index is -4.88. The zero-order valence-corrected chi connectivity index (χ0v) is 11.2. The Morgan fingerprint density at radius 3 is 2.57 bits per heavy atom. The summed E-state index contributed by atoms with van der Waals surface area (Å²) in [5.74, 6) is -2.12. The largest absolute Gasteiger partial charge is 0.573 e. The second-order valence-corrected chi connectivity index (χ2v) is 4.78. The fourth-order valence-electron chi connectivity index (χ4n) is 2.32. The molecule has 1 amide bonds. The maximum atomic E-state index is 12.9. The van der Waals surface area contributed by atoms with E-state index < -0.39 is 29.4 Å². The third-order valence-electron chi connectivity index (χ3n) is 3.29. The summed E-state index contributed by atoms with van der Waals surface area (Å²) in [5, 5.41) is 12.9. The van der Waals surface area contributed by atoms with Gasteiger partial charge in [0.2, 0.25) is 5.60 Å². The van der Waals surface area contributed by atoms with Gasteiger partial charge >= 0.3 is 6.36 Å². The van der Waals surface area contributed by atoms with E-state index in [1.165, 1.54) is 0 Å². The van der Waals surface area contributed by atoms with Crippen molar-refractivity contribution in [2.24, 2.45) is 0 Å². The molecular weight excluding hydrogens is 320 g/mol. The number of rotatable bonds is 2. The quantitative estimate of drug-likeness (QED) is 0.830. The first-order valence-electron chi connectivity index (χ1n) is 6.26. The third-order valence-corrected chi connectivity index (χ3v) is 3.29. The van der Waals surface area contributed by atoms with E-state index in [2.05, 4.69) is 15.0 Å². The highest BCUT2D eigenvalue weighted by Gasteiger charge is 2.48. The van der Waals surface area contributed by atoms with Crippen LogP contribution in [0.2, 0.25) is 0 Å². The lowest BCUT2D eigenvalue weighted by atomic mass is 9.91. The van der Waals surface area contributed by atoms with Crippen molar-refractivity contribution < 1.29 is 32.2 Å². The normalized spacial score (nSPS) is 20.1. The molecule has 23 heavy (non-hydrogen) atoms. The van der Waals surface area contributed by atoms with E-state index in [4.69, 9.17) is 0 Å². The summed E-state index contributed by atoms with van der Waals surface area (Å²) in [6, 6.07) is 5.12. The number of nitrogens with one attached hydrogen (secondary N) is 1. The van der Waals surface area contributed by atoms with Crippen LogP contribution in [0.4, 0.5) is 23.2 Å². The van der Waals surface area contributed by atoms with E-state index in [-0.39, 0.29) is 16.9 Å². The lowest BCUT2D eigenvalue weighted by Gasteiger charge is -2.20. The zero-order valence-electron chi connectivity index (χ0n) is 11.2. The Kier molecular flexibility index (Phi) is 3.25. The first kappa shape index (κ1) is 15.2. The van der Waals surface area contributed by atoms with Crippen LogP contribution >= 0.6 is 0 Å². The predicted octanol–water partition coefficient (Wildman–Crippen LogP) is 2.31. The van der Waals surface area contributed by atoms with Crippen LogP contribution in [0, 0.1) is 5.82 Å². The highest BCUT2D eigenvalue weighted by Crippen LogP contribution is 2.42. The molecule has 0 aliphatic carbocycles. The maximum absolute atomic E-state index is 12.9. The number of halogens is 4. The fourth-order valence-corrected chi connectivity index (χ4v) is 2.32. The molecule has 5 nitrogen and oxygen atoms in total. The average Bonchev–Trinajstić information content (AvgIpc) is 2.70. The molecule has 2 heterocycles. The number of fused-ring (bicyclic) bond motifs is 1. The molecule has 1 aromatic heterocycles. The molecule has 2 aromatic rings. The summed E-state index contributed by atoms with van der Waals surface area (Å²) in [5.41, 5.74) is -2.43. The van der Waals surface area contributed by atoms with Crippen molar-refractivity contribution in [3.63, 3.8) is 0 Å². The summed E-state index contributed by atoms with van der Waals surface area (Å²) in [7, 11) is 0.